The second kappa shape index (κ2) is 5.71. The van der Waals surface area contributed by atoms with E-state index in [1.54, 1.807) is 0 Å². The Bertz CT molecular complexity index is 1250. The third-order valence-electron chi connectivity index (χ3n) is 4.77. The van der Waals surface area contributed by atoms with Crippen molar-refractivity contribution < 1.29 is 0 Å². The Morgan fingerprint density at radius 1 is 0.720 bits per heavy atom. The Morgan fingerprint density at radius 3 is 1.84 bits per heavy atom. The largest absolute Gasteiger partial charge is 0.247 e. The van der Waals surface area contributed by atoms with Gasteiger partial charge in [-0.2, -0.15) is 0 Å². The van der Waals surface area contributed by atoms with Crippen LogP contribution < -0.4 is 20.9 Å². The van der Waals surface area contributed by atoms with Crippen molar-refractivity contribution in [2.45, 2.75) is 6.92 Å². The Labute approximate surface area is 148 Å². The number of hydrogen-bond donors (Lipinski definition) is 0. The van der Waals surface area contributed by atoms with Crippen molar-refractivity contribution >= 4 is 48.5 Å². The summed E-state index contributed by atoms with van der Waals surface area (Å²) >= 11 is 0. The molecule has 0 atom stereocenters. The predicted molar refractivity (Wildman–Crippen MR) is 113 cm³/mol. The summed E-state index contributed by atoms with van der Waals surface area (Å²) < 4.78 is 0. The lowest BCUT2D eigenvalue weighted by Gasteiger charge is -2.17. The van der Waals surface area contributed by atoms with Gasteiger partial charge in [-0.1, -0.05) is 58.2 Å². The lowest BCUT2D eigenvalue weighted by atomic mass is 9.92. The molecule has 122 valence electrons. The van der Waals surface area contributed by atoms with Crippen LogP contribution in [0, 0.1) is 6.92 Å². The second-order valence-electron chi connectivity index (χ2n) is 6.42. The predicted octanol–water partition coefficient (Wildman–Crippen LogP) is 3.10. The molecule has 0 saturated heterocycles. The number of fused-ring (bicyclic) bond motifs is 1. The average Bonchev–Trinajstić information content (AvgIpc) is 2.57. The summed E-state index contributed by atoms with van der Waals surface area (Å²) in [7, 11) is 0. The highest BCUT2D eigenvalue weighted by Crippen LogP contribution is 2.24. The molecule has 0 amide bonds. The van der Waals surface area contributed by atoms with Gasteiger partial charge in [-0.3, -0.25) is 0 Å². The molecule has 1 aliphatic carbocycles. The topological polar surface area (TPSA) is 12.4 Å². The third-order valence-corrected chi connectivity index (χ3v) is 4.77. The Hall–Kier alpha value is -3.19. The van der Waals surface area contributed by atoms with Gasteiger partial charge in [-0.25, -0.2) is 4.99 Å². The molecule has 1 heteroatoms. The molecule has 0 aromatic heterocycles. The fraction of sp³-hybridized carbons (Fsp3) is 0.0417. The van der Waals surface area contributed by atoms with Crippen molar-refractivity contribution in [1.29, 1.82) is 0 Å². The molecule has 25 heavy (non-hydrogen) atoms. The molecule has 2 aromatic carbocycles. The van der Waals surface area contributed by atoms with Crippen LogP contribution in [0.5, 0.6) is 0 Å². The molecule has 0 heterocycles. The van der Waals surface area contributed by atoms with Crippen molar-refractivity contribution in [3.63, 3.8) is 0 Å². The maximum Gasteiger partial charge on any atom is 0.0775 e. The highest BCUT2D eigenvalue weighted by Gasteiger charge is 2.15. The molecule has 3 rings (SSSR count). The zero-order valence-corrected chi connectivity index (χ0v) is 14.7. The van der Waals surface area contributed by atoms with Crippen molar-refractivity contribution in [3.8, 4) is 0 Å². The van der Waals surface area contributed by atoms with E-state index in [-0.39, 0.29) is 0 Å². The lowest BCUT2D eigenvalue weighted by Crippen LogP contribution is -2.26. The molecule has 0 spiro atoms. The van der Waals surface area contributed by atoms with E-state index in [0.29, 0.717) is 0 Å². The minimum absolute atomic E-state index is 0.739. The van der Waals surface area contributed by atoms with Gasteiger partial charge in [0.25, 0.3) is 0 Å². The van der Waals surface area contributed by atoms with Gasteiger partial charge in [0.1, 0.15) is 0 Å². The van der Waals surface area contributed by atoms with E-state index in [0.717, 1.165) is 65.3 Å². The third kappa shape index (κ3) is 2.54. The minimum Gasteiger partial charge on any atom is -0.247 e. The first kappa shape index (κ1) is 16.7. The second-order valence-corrected chi connectivity index (χ2v) is 6.42. The van der Waals surface area contributed by atoms with Gasteiger partial charge < -0.3 is 0 Å². The first-order chi connectivity index (χ1) is 11.7. The Kier molecular flexibility index (Phi) is 3.81. The summed E-state index contributed by atoms with van der Waals surface area (Å²) in [5.74, 6) is 0. The highest BCUT2D eigenvalue weighted by atomic mass is 14.8. The Morgan fingerprint density at radius 2 is 1.24 bits per heavy atom. The number of hydrogen-bond acceptors (Lipinski definition) is 1. The summed E-state index contributed by atoms with van der Waals surface area (Å²) in [5.41, 5.74) is 4.96. The summed E-state index contributed by atoms with van der Waals surface area (Å²) in [6, 6.07) is 4.02. The zero-order chi connectivity index (χ0) is 18.5. The number of rotatable bonds is 1. The lowest BCUT2D eigenvalue weighted by molar-refractivity contribution is 1.35. The van der Waals surface area contributed by atoms with Crippen LogP contribution in [0.2, 0.25) is 0 Å². The maximum atomic E-state index is 4.86. The quantitative estimate of drug-likeness (QED) is 0.765. The number of benzene rings is 2. The van der Waals surface area contributed by atoms with E-state index in [4.69, 9.17) is 4.99 Å². The fourth-order valence-electron chi connectivity index (χ4n) is 3.02. The van der Waals surface area contributed by atoms with Crippen LogP contribution in [0.4, 0.5) is 5.69 Å². The SMILES string of the molecule is C=C1C=CC(=C)/C(=N/c2c(C)c(=C)c3cc(=C)c(=C)cc3c2=C)C1=C. The first-order valence-electron chi connectivity index (χ1n) is 7.99. The fourth-order valence-corrected chi connectivity index (χ4v) is 3.02. The molecule has 0 N–H and O–H groups in total. The van der Waals surface area contributed by atoms with Crippen molar-refractivity contribution in [3.05, 3.63) is 87.2 Å². The summed E-state index contributed by atoms with van der Waals surface area (Å²) in [5, 5.41) is 5.57. The molecule has 0 radical (unpaired) electrons. The monoisotopic (exact) mass is 323 g/mol. The molecule has 1 nitrogen and oxygen atoms in total. The van der Waals surface area contributed by atoms with Gasteiger partial charge in [-0.15, -0.1) is 0 Å². The van der Waals surface area contributed by atoms with E-state index in [2.05, 4.69) is 46.1 Å². The number of nitrogens with zero attached hydrogens (tertiary/aromatic N) is 1. The van der Waals surface area contributed by atoms with Crippen LogP contribution in [0.25, 0.3) is 37.1 Å². The minimum atomic E-state index is 0.739. The Balaban J connectivity index is 2.43. The molecule has 0 bridgehead atoms. The van der Waals surface area contributed by atoms with E-state index in [9.17, 15) is 0 Å². The van der Waals surface area contributed by atoms with Crippen molar-refractivity contribution in [2.24, 2.45) is 4.99 Å². The van der Waals surface area contributed by atoms with E-state index in [1.165, 1.54) is 0 Å². The highest BCUT2D eigenvalue weighted by molar-refractivity contribution is 6.18. The smallest absolute Gasteiger partial charge is 0.0775 e. The molecule has 2 aromatic rings. The first-order valence-corrected chi connectivity index (χ1v) is 7.99. The van der Waals surface area contributed by atoms with E-state index < -0.39 is 0 Å². The normalized spacial score (nSPS) is 16.2. The van der Waals surface area contributed by atoms with E-state index >= 15 is 0 Å². The van der Waals surface area contributed by atoms with E-state index in [1.807, 2.05) is 31.2 Å². The summed E-state index contributed by atoms with van der Waals surface area (Å²) in [6.07, 6.45) is 3.81. The van der Waals surface area contributed by atoms with Gasteiger partial charge in [0, 0.05) is 10.8 Å². The molecule has 0 fully saturated rings. The van der Waals surface area contributed by atoms with Crippen LogP contribution in [-0.2, 0) is 0 Å². The van der Waals surface area contributed by atoms with Gasteiger partial charge in [0.15, 0.2) is 0 Å². The molecule has 0 unspecified atom stereocenters. The molecular weight excluding hydrogens is 302 g/mol. The van der Waals surface area contributed by atoms with Crippen LogP contribution in [0.1, 0.15) is 5.56 Å². The number of allylic oxidation sites excluding steroid dienone is 5. The zero-order valence-electron chi connectivity index (χ0n) is 14.7. The maximum absolute atomic E-state index is 4.86. The van der Waals surface area contributed by atoms with Gasteiger partial charge in [-0.05, 0) is 62.2 Å². The standard InChI is InChI=1S/C24H21N/c1-13-9-10-14(2)23(17(13)5)25-24-19(7)18(6)21-11-15(3)16(4)12-22(21)20(24)8/h9-12H,1-6,8H2,7H3/b25-23-. The van der Waals surface area contributed by atoms with Crippen LogP contribution in [0.15, 0.2) is 65.7 Å². The van der Waals surface area contributed by atoms with Crippen LogP contribution in [-0.4, -0.2) is 5.71 Å². The summed E-state index contributed by atoms with van der Waals surface area (Å²) in [6.45, 7) is 30.8. The van der Waals surface area contributed by atoms with Crippen molar-refractivity contribution in [2.75, 3.05) is 0 Å². The molecule has 0 saturated carbocycles. The van der Waals surface area contributed by atoms with Crippen LogP contribution in [0.3, 0.4) is 0 Å². The van der Waals surface area contributed by atoms with Gasteiger partial charge >= 0.3 is 0 Å². The van der Waals surface area contributed by atoms with Crippen LogP contribution >= 0.6 is 0 Å². The van der Waals surface area contributed by atoms with Crippen molar-refractivity contribution in [1.82, 2.24) is 0 Å². The molecule has 1 aliphatic rings. The molecular formula is C24H21N. The number of aliphatic imine (C=N–C) groups is 1. The van der Waals surface area contributed by atoms with Gasteiger partial charge in [0.05, 0.1) is 11.4 Å². The molecule has 0 aliphatic heterocycles. The summed E-state index contributed by atoms with van der Waals surface area (Å²) in [4.78, 5) is 4.86. The van der Waals surface area contributed by atoms with Gasteiger partial charge in [0.2, 0.25) is 0 Å². The average molecular weight is 323 g/mol.